The lowest BCUT2D eigenvalue weighted by atomic mass is 9.89. The van der Waals surface area contributed by atoms with Crippen molar-refractivity contribution in [3.8, 4) is 11.8 Å². The van der Waals surface area contributed by atoms with Crippen LogP contribution >= 0.6 is 0 Å². The van der Waals surface area contributed by atoms with Gasteiger partial charge in [-0.25, -0.2) is 0 Å². The first-order valence-electron chi connectivity index (χ1n) is 8.68. The van der Waals surface area contributed by atoms with E-state index in [9.17, 15) is 4.79 Å². The molecule has 1 heterocycles. The standard InChI is InChI=1S/C21H22N2O2/c1-16(25-20-10-6-5-9-19(20)15-22)21(24)23-13-11-18(12-14-23)17-7-3-2-4-8-17/h2-10,16,18H,11-14H2,1H3. The van der Waals surface area contributed by atoms with Crippen LogP contribution in [0.2, 0.25) is 0 Å². The van der Waals surface area contributed by atoms with Gasteiger partial charge in [-0.2, -0.15) is 5.26 Å². The van der Waals surface area contributed by atoms with Gasteiger partial charge in [0.15, 0.2) is 6.10 Å². The summed E-state index contributed by atoms with van der Waals surface area (Å²) in [6.45, 7) is 3.23. The molecule has 128 valence electrons. The first-order chi connectivity index (χ1) is 12.2. The summed E-state index contributed by atoms with van der Waals surface area (Å²) in [5.74, 6) is 0.963. The van der Waals surface area contributed by atoms with E-state index in [-0.39, 0.29) is 5.91 Å². The third-order valence-corrected chi connectivity index (χ3v) is 4.74. The van der Waals surface area contributed by atoms with Gasteiger partial charge in [-0.05, 0) is 43.4 Å². The minimum absolute atomic E-state index is 0.0146. The van der Waals surface area contributed by atoms with Crippen molar-refractivity contribution < 1.29 is 9.53 Å². The predicted molar refractivity (Wildman–Crippen MR) is 96.2 cm³/mol. The molecule has 0 N–H and O–H groups in total. The van der Waals surface area contributed by atoms with Crippen LogP contribution in [0.25, 0.3) is 0 Å². The zero-order valence-electron chi connectivity index (χ0n) is 14.4. The van der Waals surface area contributed by atoms with Crippen LogP contribution in [-0.2, 0) is 4.79 Å². The number of ether oxygens (including phenoxy) is 1. The molecule has 1 aliphatic rings. The Balaban J connectivity index is 1.58. The Morgan fingerprint density at radius 2 is 1.76 bits per heavy atom. The number of likely N-dealkylation sites (tertiary alicyclic amines) is 1. The highest BCUT2D eigenvalue weighted by Crippen LogP contribution is 2.28. The highest BCUT2D eigenvalue weighted by Gasteiger charge is 2.27. The maximum Gasteiger partial charge on any atom is 0.263 e. The topological polar surface area (TPSA) is 53.3 Å². The zero-order valence-corrected chi connectivity index (χ0v) is 14.4. The van der Waals surface area contributed by atoms with E-state index in [1.807, 2.05) is 11.0 Å². The van der Waals surface area contributed by atoms with E-state index in [0.717, 1.165) is 25.9 Å². The Bertz CT molecular complexity index is 759. The number of benzene rings is 2. The summed E-state index contributed by atoms with van der Waals surface area (Å²) >= 11 is 0. The number of nitriles is 1. The summed E-state index contributed by atoms with van der Waals surface area (Å²) in [7, 11) is 0. The second kappa shape index (κ2) is 7.85. The van der Waals surface area contributed by atoms with Crippen molar-refractivity contribution in [2.24, 2.45) is 0 Å². The zero-order chi connectivity index (χ0) is 17.6. The Morgan fingerprint density at radius 3 is 2.44 bits per heavy atom. The van der Waals surface area contributed by atoms with Crippen LogP contribution in [0.1, 0.15) is 36.8 Å². The molecule has 4 nitrogen and oxygen atoms in total. The van der Waals surface area contributed by atoms with E-state index in [1.165, 1.54) is 5.56 Å². The molecule has 1 atom stereocenters. The average molecular weight is 334 g/mol. The summed E-state index contributed by atoms with van der Waals surface area (Å²) < 4.78 is 5.75. The molecule has 0 radical (unpaired) electrons. The quantitative estimate of drug-likeness (QED) is 0.856. The fourth-order valence-electron chi connectivity index (χ4n) is 3.32. The molecular weight excluding hydrogens is 312 g/mol. The normalized spacial score (nSPS) is 16.1. The van der Waals surface area contributed by atoms with Crippen LogP contribution in [0.5, 0.6) is 5.75 Å². The lowest BCUT2D eigenvalue weighted by Gasteiger charge is -2.33. The Morgan fingerprint density at radius 1 is 1.12 bits per heavy atom. The van der Waals surface area contributed by atoms with Gasteiger partial charge >= 0.3 is 0 Å². The monoisotopic (exact) mass is 334 g/mol. The highest BCUT2D eigenvalue weighted by atomic mass is 16.5. The van der Waals surface area contributed by atoms with Gasteiger partial charge in [0.2, 0.25) is 0 Å². The van der Waals surface area contributed by atoms with Gasteiger partial charge in [0.05, 0.1) is 5.56 Å². The van der Waals surface area contributed by atoms with Crippen LogP contribution in [0.3, 0.4) is 0 Å². The average Bonchev–Trinajstić information content (AvgIpc) is 2.68. The Labute approximate surface area is 148 Å². The van der Waals surface area contributed by atoms with Crippen molar-refractivity contribution in [3.05, 3.63) is 65.7 Å². The summed E-state index contributed by atoms with van der Waals surface area (Å²) in [5, 5.41) is 9.13. The number of carbonyl (C=O) groups excluding carboxylic acids is 1. The van der Waals surface area contributed by atoms with Gasteiger partial charge in [-0.3, -0.25) is 4.79 Å². The summed E-state index contributed by atoms with van der Waals surface area (Å²) in [4.78, 5) is 14.5. The van der Waals surface area contributed by atoms with E-state index in [1.54, 1.807) is 31.2 Å². The SMILES string of the molecule is CC(Oc1ccccc1C#N)C(=O)N1CCC(c2ccccc2)CC1. The fraction of sp³-hybridized carbons (Fsp3) is 0.333. The van der Waals surface area contributed by atoms with E-state index >= 15 is 0 Å². The molecule has 2 aromatic carbocycles. The van der Waals surface area contributed by atoms with Crippen LogP contribution < -0.4 is 4.74 Å². The van der Waals surface area contributed by atoms with Crippen LogP contribution in [-0.4, -0.2) is 30.0 Å². The molecule has 0 aromatic heterocycles. The van der Waals surface area contributed by atoms with Gasteiger partial charge < -0.3 is 9.64 Å². The second-order valence-electron chi connectivity index (χ2n) is 6.38. The molecule has 2 aromatic rings. The van der Waals surface area contributed by atoms with Gasteiger partial charge in [0.25, 0.3) is 5.91 Å². The van der Waals surface area contributed by atoms with Gasteiger partial charge in [-0.1, -0.05) is 42.5 Å². The fourth-order valence-corrected chi connectivity index (χ4v) is 3.32. The van der Waals surface area contributed by atoms with Crippen molar-refractivity contribution in [1.82, 2.24) is 4.90 Å². The number of nitrogens with zero attached hydrogens (tertiary/aromatic N) is 2. The van der Waals surface area contributed by atoms with Crippen molar-refractivity contribution in [2.75, 3.05) is 13.1 Å². The first-order valence-corrected chi connectivity index (χ1v) is 8.68. The highest BCUT2D eigenvalue weighted by molar-refractivity contribution is 5.81. The lowest BCUT2D eigenvalue weighted by molar-refractivity contribution is -0.139. The largest absolute Gasteiger partial charge is 0.480 e. The minimum Gasteiger partial charge on any atom is -0.480 e. The molecule has 0 bridgehead atoms. The number of hydrogen-bond donors (Lipinski definition) is 0. The molecule has 3 rings (SSSR count). The third kappa shape index (κ3) is 4.00. The minimum atomic E-state index is -0.595. The predicted octanol–water partition coefficient (Wildman–Crippen LogP) is 3.73. The molecule has 0 aliphatic carbocycles. The van der Waals surface area contributed by atoms with E-state index in [2.05, 4.69) is 30.3 Å². The van der Waals surface area contributed by atoms with Crippen LogP contribution in [0.15, 0.2) is 54.6 Å². The van der Waals surface area contributed by atoms with Crippen LogP contribution in [0.4, 0.5) is 0 Å². The van der Waals surface area contributed by atoms with Gasteiger partial charge in [-0.15, -0.1) is 0 Å². The van der Waals surface area contributed by atoms with E-state index in [4.69, 9.17) is 10.00 Å². The van der Waals surface area contributed by atoms with Crippen molar-refractivity contribution >= 4 is 5.91 Å². The molecule has 1 saturated heterocycles. The third-order valence-electron chi connectivity index (χ3n) is 4.74. The van der Waals surface area contributed by atoms with Gasteiger partial charge in [0, 0.05) is 13.1 Å². The number of hydrogen-bond acceptors (Lipinski definition) is 3. The number of piperidine rings is 1. The van der Waals surface area contributed by atoms with Crippen molar-refractivity contribution in [2.45, 2.75) is 31.8 Å². The molecule has 1 unspecified atom stereocenters. The van der Waals surface area contributed by atoms with E-state index in [0.29, 0.717) is 17.2 Å². The smallest absolute Gasteiger partial charge is 0.263 e. The maximum atomic E-state index is 12.7. The molecule has 1 amide bonds. The molecule has 1 aliphatic heterocycles. The second-order valence-corrected chi connectivity index (χ2v) is 6.38. The number of amides is 1. The van der Waals surface area contributed by atoms with Crippen molar-refractivity contribution in [1.29, 1.82) is 5.26 Å². The summed E-state index contributed by atoms with van der Waals surface area (Å²) in [6.07, 6.45) is 1.34. The molecule has 25 heavy (non-hydrogen) atoms. The summed E-state index contributed by atoms with van der Waals surface area (Å²) in [5.41, 5.74) is 1.80. The molecule has 1 fully saturated rings. The Hall–Kier alpha value is -2.80. The molecular formula is C21H22N2O2. The van der Waals surface area contributed by atoms with E-state index < -0.39 is 6.10 Å². The van der Waals surface area contributed by atoms with Crippen LogP contribution in [0, 0.1) is 11.3 Å². The summed E-state index contributed by atoms with van der Waals surface area (Å²) in [6, 6.07) is 19.6. The van der Waals surface area contributed by atoms with Crippen molar-refractivity contribution in [3.63, 3.8) is 0 Å². The maximum absolute atomic E-state index is 12.7. The first kappa shape index (κ1) is 17.0. The number of rotatable bonds is 4. The lowest BCUT2D eigenvalue weighted by Crippen LogP contribution is -2.44. The number of para-hydroxylation sites is 1. The Kier molecular flexibility index (Phi) is 5.35. The molecule has 4 heteroatoms. The molecule has 0 saturated carbocycles. The van der Waals surface area contributed by atoms with Gasteiger partial charge in [0.1, 0.15) is 11.8 Å². The number of carbonyl (C=O) groups is 1. The molecule has 0 spiro atoms.